The molecule has 0 aliphatic rings. The predicted octanol–water partition coefficient (Wildman–Crippen LogP) is 2.38. The molecule has 0 saturated heterocycles. The minimum atomic E-state index is -4.52. The highest BCUT2D eigenvalue weighted by Gasteiger charge is 2.29. The first kappa shape index (κ1) is 13.8. The zero-order valence-corrected chi connectivity index (χ0v) is 9.73. The maximum Gasteiger partial charge on any atom is 0.422 e. The molecule has 0 amide bonds. The largest absolute Gasteiger partial charge is 0.482 e. The SMILES string of the molecule is O=c1c([N+](=O)[O-])c[nH]c2c(OCC(F)(F)F)cccc12. The average molecular weight is 288 g/mol. The van der Waals surface area contributed by atoms with Crippen LogP contribution in [0.4, 0.5) is 18.9 Å². The van der Waals surface area contributed by atoms with Gasteiger partial charge in [0.15, 0.2) is 6.61 Å². The van der Waals surface area contributed by atoms with Crippen LogP contribution in [0.1, 0.15) is 0 Å². The number of aromatic amines is 1. The van der Waals surface area contributed by atoms with Gasteiger partial charge < -0.3 is 9.72 Å². The second-order valence-electron chi connectivity index (χ2n) is 3.84. The highest BCUT2D eigenvalue weighted by molar-refractivity contribution is 5.85. The standard InChI is InChI=1S/C11H7F3N2O4/c12-11(13,14)5-20-8-3-1-2-6-9(8)15-4-7(10(6)17)16(18)19/h1-4H,5H2,(H,15,17). The number of aromatic nitrogens is 1. The van der Waals surface area contributed by atoms with Crippen molar-refractivity contribution in [1.29, 1.82) is 0 Å². The number of benzene rings is 1. The second kappa shape index (κ2) is 4.83. The van der Waals surface area contributed by atoms with Gasteiger partial charge in [0.1, 0.15) is 5.75 Å². The number of pyridine rings is 1. The molecule has 0 atom stereocenters. The van der Waals surface area contributed by atoms with Gasteiger partial charge in [-0.15, -0.1) is 0 Å². The van der Waals surface area contributed by atoms with Gasteiger partial charge in [0.05, 0.1) is 22.0 Å². The van der Waals surface area contributed by atoms with E-state index in [0.717, 1.165) is 6.20 Å². The molecule has 0 fully saturated rings. The first-order valence-corrected chi connectivity index (χ1v) is 5.28. The first-order valence-electron chi connectivity index (χ1n) is 5.28. The third-order valence-electron chi connectivity index (χ3n) is 2.44. The van der Waals surface area contributed by atoms with E-state index in [-0.39, 0.29) is 16.7 Å². The Balaban J connectivity index is 2.52. The molecule has 2 aromatic rings. The van der Waals surface area contributed by atoms with E-state index < -0.39 is 28.8 Å². The number of fused-ring (bicyclic) bond motifs is 1. The zero-order chi connectivity index (χ0) is 14.9. The molecule has 1 aromatic heterocycles. The molecule has 0 radical (unpaired) electrons. The van der Waals surface area contributed by atoms with Gasteiger partial charge in [-0.3, -0.25) is 14.9 Å². The van der Waals surface area contributed by atoms with Crippen molar-refractivity contribution in [3.05, 3.63) is 44.7 Å². The fourth-order valence-electron chi connectivity index (χ4n) is 1.63. The lowest BCUT2D eigenvalue weighted by molar-refractivity contribution is -0.386. The van der Waals surface area contributed by atoms with Crippen molar-refractivity contribution >= 4 is 16.6 Å². The number of nitrogens with one attached hydrogen (secondary N) is 1. The summed E-state index contributed by atoms with van der Waals surface area (Å²) >= 11 is 0. The van der Waals surface area contributed by atoms with Gasteiger partial charge in [-0.25, -0.2) is 0 Å². The lowest BCUT2D eigenvalue weighted by Crippen LogP contribution is -2.19. The van der Waals surface area contributed by atoms with Crippen LogP contribution in [0.25, 0.3) is 10.9 Å². The Labute approximate surface area is 108 Å². The molecule has 9 heteroatoms. The summed E-state index contributed by atoms with van der Waals surface area (Å²) in [5.74, 6) is -0.202. The smallest absolute Gasteiger partial charge is 0.422 e. The van der Waals surface area contributed by atoms with Crippen LogP contribution in [-0.4, -0.2) is 22.7 Å². The van der Waals surface area contributed by atoms with E-state index >= 15 is 0 Å². The molecule has 1 N–H and O–H groups in total. The molecule has 106 valence electrons. The van der Waals surface area contributed by atoms with Gasteiger partial charge in [0, 0.05) is 0 Å². The van der Waals surface area contributed by atoms with Crippen molar-refractivity contribution in [2.75, 3.05) is 6.61 Å². The fourth-order valence-corrected chi connectivity index (χ4v) is 1.63. The number of hydrogen-bond donors (Lipinski definition) is 1. The topological polar surface area (TPSA) is 85.2 Å². The number of para-hydroxylation sites is 1. The monoisotopic (exact) mass is 288 g/mol. The summed E-state index contributed by atoms with van der Waals surface area (Å²) in [6.45, 7) is -1.52. The number of alkyl halides is 3. The molecule has 6 nitrogen and oxygen atoms in total. The molecule has 2 rings (SSSR count). The number of ether oxygens (including phenoxy) is 1. The minimum absolute atomic E-state index is 0.0210. The van der Waals surface area contributed by atoms with Crippen molar-refractivity contribution in [1.82, 2.24) is 4.98 Å². The van der Waals surface area contributed by atoms with Crippen LogP contribution in [0.2, 0.25) is 0 Å². The van der Waals surface area contributed by atoms with E-state index in [2.05, 4.69) is 9.72 Å². The van der Waals surface area contributed by atoms with Gasteiger partial charge in [0.2, 0.25) is 0 Å². The lowest BCUT2D eigenvalue weighted by Gasteiger charge is -2.10. The molecular formula is C11H7F3N2O4. The summed E-state index contributed by atoms with van der Waals surface area (Å²) in [4.78, 5) is 23.9. The fraction of sp³-hybridized carbons (Fsp3) is 0.182. The minimum Gasteiger partial charge on any atom is -0.482 e. The Bertz CT molecular complexity index is 724. The summed E-state index contributed by atoms with van der Waals surface area (Å²) in [6.07, 6.45) is -3.70. The Morgan fingerprint density at radius 1 is 1.35 bits per heavy atom. The lowest BCUT2D eigenvalue weighted by atomic mass is 10.2. The molecule has 0 aliphatic carbocycles. The van der Waals surface area contributed by atoms with Crippen LogP contribution in [0.15, 0.2) is 29.2 Å². The van der Waals surface area contributed by atoms with Crippen LogP contribution in [0, 0.1) is 10.1 Å². The highest BCUT2D eigenvalue weighted by Crippen LogP contribution is 2.25. The number of halogens is 3. The molecule has 0 unspecified atom stereocenters. The summed E-state index contributed by atoms with van der Waals surface area (Å²) < 4.78 is 40.9. The molecule has 0 aliphatic heterocycles. The van der Waals surface area contributed by atoms with Crippen molar-refractivity contribution in [3.8, 4) is 5.75 Å². The van der Waals surface area contributed by atoms with E-state index in [1.165, 1.54) is 18.2 Å². The van der Waals surface area contributed by atoms with E-state index in [9.17, 15) is 28.1 Å². The van der Waals surface area contributed by atoms with Crippen molar-refractivity contribution in [2.45, 2.75) is 6.18 Å². The average Bonchev–Trinajstić information content (AvgIpc) is 2.35. The van der Waals surface area contributed by atoms with Gasteiger partial charge >= 0.3 is 11.9 Å². The van der Waals surface area contributed by atoms with Crippen LogP contribution < -0.4 is 10.2 Å². The van der Waals surface area contributed by atoms with Crippen LogP contribution >= 0.6 is 0 Å². The Morgan fingerprint density at radius 2 is 2.05 bits per heavy atom. The zero-order valence-electron chi connectivity index (χ0n) is 9.73. The number of hydrogen-bond acceptors (Lipinski definition) is 4. The highest BCUT2D eigenvalue weighted by atomic mass is 19.4. The van der Waals surface area contributed by atoms with Gasteiger partial charge in [0.25, 0.3) is 5.43 Å². The summed E-state index contributed by atoms with van der Waals surface area (Å²) in [5, 5.41) is 10.5. The molecule has 0 bridgehead atoms. The Hall–Kier alpha value is -2.58. The second-order valence-corrected chi connectivity index (χ2v) is 3.84. The Kier molecular flexibility index (Phi) is 3.35. The normalized spacial score (nSPS) is 11.6. The van der Waals surface area contributed by atoms with E-state index in [4.69, 9.17) is 0 Å². The number of nitrogens with zero attached hydrogens (tertiary/aromatic N) is 1. The third-order valence-corrected chi connectivity index (χ3v) is 2.44. The summed E-state index contributed by atoms with van der Waals surface area (Å²) in [5.41, 5.74) is -1.60. The van der Waals surface area contributed by atoms with Gasteiger partial charge in [-0.2, -0.15) is 13.2 Å². The number of nitro groups is 1. The maximum atomic E-state index is 12.1. The van der Waals surface area contributed by atoms with Crippen molar-refractivity contribution < 1.29 is 22.8 Å². The molecule has 1 heterocycles. The Morgan fingerprint density at radius 3 is 2.65 bits per heavy atom. The van der Waals surface area contributed by atoms with Gasteiger partial charge in [-0.1, -0.05) is 6.07 Å². The molecule has 20 heavy (non-hydrogen) atoms. The van der Waals surface area contributed by atoms with Crippen LogP contribution in [-0.2, 0) is 0 Å². The van der Waals surface area contributed by atoms with Crippen LogP contribution in [0.5, 0.6) is 5.75 Å². The summed E-state index contributed by atoms with van der Waals surface area (Å²) in [6, 6.07) is 3.78. The molecule has 1 aromatic carbocycles. The summed E-state index contributed by atoms with van der Waals surface area (Å²) in [7, 11) is 0. The van der Waals surface area contributed by atoms with E-state index in [1.54, 1.807) is 0 Å². The predicted molar refractivity (Wildman–Crippen MR) is 62.8 cm³/mol. The first-order chi connectivity index (χ1) is 9.29. The van der Waals surface area contributed by atoms with E-state index in [0.29, 0.717) is 0 Å². The number of rotatable bonds is 3. The maximum absolute atomic E-state index is 12.1. The van der Waals surface area contributed by atoms with Gasteiger partial charge in [-0.05, 0) is 12.1 Å². The van der Waals surface area contributed by atoms with Crippen LogP contribution in [0.3, 0.4) is 0 Å². The molecular weight excluding hydrogens is 281 g/mol. The quantitative estimate of drug-likeness (QED) is 0.694. The van der Waals surface area contributed by atoms with E-state index in [1.807, 2.05) is 0 Å². The van der Waals surface area contributed by atoms with Crippen molar-refractivity contribution in [3.63, 3.8) is 0 Å². The molecule has 0 spiro atoms. The number of H-pyrrole nitrogens is 1. The molecule has 0 saturated carbocycles. The third kappa shape index (κ3) is 2.71. The van der Waals surface area contributed by atoms with Crippen molar-refractivity contribution in [2.24, 2.45) is 0 Å².